The van der Waals surface area contributed by atoms with Gasteiger partial charge in [-0.1, -0.05) is 30.3 Å². The van der Waals surface area contributed by atoms with Gasteiger partial charge in [-0.3, -0.25) is 19.9 Å². The summed E-state index contributed by atoms with van der Waals surface area (Å²) in [6, 6.07) is 8.98. The van der Waals surface area contributed by atoms with E-state index in [1.165, 1.54) is 6.08 Å². The predicted molar refractivity (Wildman–Crippen MR) is 185 cm³/mol. The van der Waals surface area contributed by atoms with Crippen LogP contribution in [0.15, 0.2) is 55.0 Å². The molecular formula is C39H14BF20N3O3. The zero-order valence-electron chi connectivity index (χ0n) is 31.4. The van der Waals surface area contributed by atoms with Crippen LogP contribution in [-0.4, -0.2) is 28.4 Å². The van der Waals surface area contributed by atoms with E-state index in [1.807, 2.05) is 18.2 Å². The number of rotatable bonds is 10. The lowest BCUT2D eigenvalue weighted by molar-refractivity contribution is -0.685. The van der Waals surface area contributed by atoms with Crippen LogP contribution >= 0.6 is 0 Å². The maximum Gasteiger partial charge on any atom is 0.227 e. The third-order valence-corrected chi connectivity index (χ3v) is 9.53. The lowest BCUT2D eigenvalue weighted by Crippen LogP contribution is -2.81. The summed E-state index contributed by atoms with van der Waals surface area (Å²) in [7, 11) is 0. The van der Waals surface area contributed by atoms with Crippen molar-refractivity contribution in [1.29, 1.82) is 0 Å². The zero-order valence-corrected chi connectivity index (χ0v) is 31.4. The maximum absolute atomic E-state index is 15.4. The quantitative estimate of drug-likeness (QED) is 0.0210. The average Bonchev–Trinajstić information content (AvgIpc) is 3.29. The summed E-state index contributed by atoms with van der Waals surface area (Å²) in [5.41, 5.74) is -13.1. The molecular weight excluding hydrogens is 949 g/mol. The summed E-state index contributed by atoms with van der Waals surface area (Å²) in [5.74, 6) is -71.4. The topological polar surface area (TPSA) is 77.0 Å². The first-order valence-electron chi connectivity index (χ1n) is 17.3. The number of ketones is 1. The van der Waals surface area contributed by atoms with Crippen LogP contribution < -0.4 is 26.4 Å². The highest BCUT2D eigenvalue weighted by atomic mass is 19.2. The molecule has 6 nitrogen and oxygen atoms in total. The Morgan fingerprint density at radius 1 is 0.515 bits per heavy atom. The largest absolute Gasteiger partial charge is 0.287 e. The number of carbonyl (C=O) groups is 1. The summed E-state index contributed by atoms with van der Waals surface area (Å²) < 4.78 is 296. The minimum atomic E-state index is -7.22. The predicted octanol–water partition coefficient (Wildman–Crippen LogP) is 7.39. The second-order valence-electron chi connectivity index (χ2n) is 13.1. The van der Waals surface area contributed by atoms with Crippen LogP contribution in [0.25, 0.3) is 6.08 Å². The number of halogens is 20. The first kappa shape index (κ1) is 49.7. The van der Waals surface area contributed by atoms with Crippen molar-refractivity contribution < 1.29 is 102 Å². The van der Waals surface area contributed by atoms with Gasteiger partial charge in [-0.25, -0.2) is 87.8 Å². The third kappa shape index (κ3) is 8.27. The number of nitro groups is 1. The summed E-state index contributed by atoms with van der Waals surface area (Å²) >= 11 is 0. The van der Waals surface area contributed by atoms with Gasteiger partial charge >= 0.3 is 0 Å². The van der Waals surface area contributed by atoms with Gasteiger partial charge in [0.2, 0.25) is 24.6 Å². The molecule has 1 heterocycles. The first-order valence-corrected chi connectivity index (χ1v) is 17.3. The van der Waals surface area contributed by atoms with Crippen LogP contribution in [-0.2, 0) is 6.54 Å². The van der Waals surface area contributed by atoms with E-state index in [9.17, 15) is 67.6 Å². The van der Waals surface area contributed by atoms with Crippen LogP contribution in [0.1, 0.15) is 16.1 Å². The molecule has 6 rings (SSSR count). The lowest BCUT2D eigenvalue weighted by atomic mass is 9.12. The molecule has 66 heavy (non-hydrogen) atoms. The summed E-state index contributed by atoms with van der Waals surface area (Å²) in [4.78, 5) is 26.0. The Kier molecular flexibility index (Phi) is 14.3. The van der Waals surface area contributed by atoms with Gasteiger partial charge in [0.05, 0.1) is 12.4 Å². The molecule has 0 N–H and O–H groups in total. The van der Waals surface area contributed by atoms with Gasteiger partial charge in [0.25, 0.3) is 0 Å². The molecule has 27 heteroatoms. The smallest absolute Gasteiger partial charge is 0.227 e. The van der Waals surface area contributed by atoms with E-state index in [4.69, 9.17) is 0 Å². The molecule has 0 spiro atoms. The minimum absolute atomic E-state index is 0.0317. The molecule has 346 valence electrons. The Bertz CT molecular complexity index is 2610. The van der Waals surface area contributed by atoms with Crippen LogP contribution in [0.4, 0.5) is 87.8 Å². The van der Waals surface area contributed by atoms with E-state index < -0.39 is 149 Å². The van der Waals surface area contributed by atoms with Crippen molar-refractivity contribution in [3.63, 3.8) is 0 Å². The fraction of sp³-hybridized carbons (Fsp3) is 0.0513. The Balaban J connectivity index is 0.000000324. The highest BCUT2D eigenvalue weighted by Crippen LogP contribution is 2.30. The Morgan fingerprint density at radius 3 is 1.12 bits per heavy atom. The number of carbonyl (C=O) groups excluding carboxylic acids is 1. The minimum Gasteiger partial charge on any atom is -0.287 e. The molecule has 0 aliphatic carbocycles. The van der Waals surface area contributed by atoms with Crippen LogP contribution in [0.3, 0.4) is 0 Å². The van der Waals surface area contributed by atoms with E-state index >= 15 is 35.1 Å². The Morgan fingerprint density at radius 2 is 0.818 bits per heavy atom. The van der Waals surface area contributed by atoms with Crippen molar-refractivity contribution in [2.45, 2.75) is 6.54 Å². The van der Waals surface area contributed by atoms with E-state index in [2.05, 4.69) is 4.98 Å². The van der Waals surface area contributed by atoms with Crippen LogP contribution in [0.5, 0.6) is 0 Å². The van der Waals surface area contributed by atoms with E-state index in [-0.39, 0.29) is 18.9 Å². The van der Waals surface area contributed by atoms with Crippen molar-refractivity contribution in [2.24, 2.45) is 0 Å². The molecule has 5 aromatic carbocycles. The normalized spacial score (nSPS) is 11.6. The molecule has 0 fully saturated rings. The molecule has 0 unspecified atom stereocenters. The number of hydrogen-bond donors (Lipinski definition) is 0. The van der Waals surface area contributed by atoms with Crippen LogP contribution in [0.2, 0.25) is 0 Å². The van der Waals surface area contributed by atoms with Crippen molar-refractivity contribution in [3.8, 4) is 0 Å². The van der Waals surface area contributed by atoms with Gasteiger partial charge in [0.15, 0.2) is 76.0 Å². The van der Waals surface area contributed by atoms with Gasteiger partial charge in [0.1, 0.15) is 52.7 Å². The fourth-order valence-corrected chi connectivity index (χ4v) is 6.69. The van der Waals surface area contributed by atoms with Crippen LogP contribution in [0, 0.1) is 126 Å². The molecule has 0 bridgehead atoms. The van der Waals surface area contributed by atoms with Crippen molar-refractivity contribution in [3.05, 3.63) is 193 Å². The van der Waals surface area contributed by atoms with E-state index in [1.54, 1.807) is 41.4 Å². The molecule has 0 saturated carbocycles. The molecule has 0 atom stereocenters. The maximum atomic E-state index is 15.4. The first-order chi connectivity index (χ1) is 30.9. The lowest BCUT2D eigenvalue weighted by Gasteiger charge is -2.44. The van der Waals surface area contributed by atoms with Gasteiger partial charge in [-0.05, 0) is 6.08 Å². The molecule has 0 aliphatic heterocycles. The SMILES string of the molecule is Fc1c(F)c(F)c([B-](c2c(F)c(F)c(F)c(F)c2F)(c2c(F)c(F)c(F)c(F)c2F)c2c(F)c(F)c(F)c(F)c2F)c(F)c1F.O=C(C[n+]1ccncc1C=CC[N+](=O)[O-])c1ccccc1. The second kappa shape index (κ2) is 19.0. The average molecular weight is 963 g/mol. The third-order valence-electron chi connectivity index (χ3n) is 9.53. The van der Waals surface area contributed by atoms with E-state index in [0.29, 0.717) is 11.3 Å². The van der Waals surface area contributed by atoms with E-state index in [0.717, 1.165) is 0 Å². The highest BCUT2D eigenvalue weighted by molar-refractivity contribution is 7.20. The Hall–Kier alpha value is -7.35. The molecule has 0 aliphatic rings. The van der Waals surface area contributed by atoms with Gasteiger partial charge < -0.3 is 0 Å². The number of Topliss-reactive ketones (excluding diaryl/α,β-unsaturated/α-hetero) is 1. The second-order valence-corrected chi connectivity index (χ2v) is 13.1. The fourth-order valence-electron chi connectivity index (χ4n) is 6.69. The monoisotopic (exact) mass is 963 g/mol. The molecule has 0 radical (unpaired) electrons. The zero-order chi connectivity index (χ0) is 49.4. The van der Waals surface area contributed by atoms with Crippen molar-refractivity contribution in [2.75, 3.05) is 6.54 Å². The number of benzene rings is 5. The highest BCUT2D eigenvalue weighted by Gasteiger charge is 2.52. The standard InChI is InChI=1S/C24BF20.C15H14N3O3/c26-5-1(6(27)14(35)21(42)13(5)34)25(2-7(28)15(36)22(43)16(37)8(2)29,3-9(30)17(38)23(44)18(39)10(3)31)4-11(32)19(40)24(45)20(41)12(4)33;19-15(13-5-2-1-3-6-13)12-17-10-8-16-11-14(17)7-4-9-18(20)21/h;1-8,10-11H,9,12H2/q-1;+1. The number of nitrogens with zero attached hydrogens (tertiary/aromatic N) is 3. The Labute approximate surface area is 352 Å². The molecule has 0 amide bonds. The van der Waals surface area contributed by atoms with Gasteiger partial charge in [0, 0.05) is 16.6 Å². The van der Waals surface area contributed by atoms with Crippen molar-refractivity contribution >= 4 is 39.9 Å². The number of hydrogen-bond acceptors (Lipinski definition) is 4. The molecule has 6 aromatic rings. The number of aromatic nitrogens is 2. The summed E-state index contributed by atoms with van der Waals surface area (Å²) in [6.07, 6.45) is 0.615. The van der Waals surface area contributed by atoms with Crippen molar-refractivity contribution in [1.82, 2.24) is 4.98 Å². The van der Waals surface area contributed by atoms with Gasteiger partial charge in [-0.2, -0.15) is 4.57 Å². The summed E-state index contributed by atoms with van der Waals surface area (Å²) in [6.45, 7) is -0.105. The summed E-state index contributed by atoms with van der Waals surface area (Å²) in [5, 5.41) is 10.3. The molecule has 1 aromatic heterocycles. The molecule has 0 saturated heterocycles. The van der Waals surface area contributed by atoms with Gasteiger partial charge in [-0.15, -0.1) is 21.9 Å².